The predicted molar refractivity (Wildman–Crippen MR) is 51.4 cm³/mol. The molecule has 0 aliphatic carbocycles. The Labute approximate surface area is 78.8 Å². The summed E-state index contributed by atoms with van der Waals surface area (Å²) >= 11 is 0. The van der Waals surface area contributed by atoms with Gasteiger partial charge >= 0.3 is 0 Å². The van der Waals surface area contributed by atoms with Crippen LogP contribution < -0.4 is 0 Å². The summed E-state index contributed by atoms with van der Waals surface area (Å²) in [6.07, 6.45) is 2.78. The summed E-state index contributed by atoms with van der Waals surface area (Å²) in [5, 5.41) is 0. The summed E-state index contributed by atoms with van der Waals surface area (Å²) < 4.78 is 0. The van der Waals surface area contributed by atoms with E-state index in [2.05, 4.69) is 28.7 Å². The molecule has 0 saturated carbocycles. The molecular formula is C10H15N3. The summed E-state index contributed by atoms with van der Waals surface area (Å²) in [5.74, 6) is 0. The first kappa shape index (κ1) is 8.63. The second-order valence-electron chi connectivity index (χ2n) is 3.50. The van der Waals surface area contributed by atoms with E-state index in [9.17, 15) is 0 Å². The second-order valence-corrected chi connectivity index (χ2v) is 3.50. The van der Waals surface area contributed by atoms with Crippen molar-refractivity contribution in [1.29, 1.82) is 0 Å². The Hall–Kier alpha value is -0.960. The first-order valence-corrected chi connectivity index (χ1v) is 4.83. The highest BCUT2D eigenvalue weighted by molar-refractivity contribution is 5.25. The fraction of sp³-hybridized carbons (Fsp3) is 0.600. The molecule has 70 valence electrons. The molecule has 0 bridgehead atoms. The molecule has 0 saturated heterocycles. The largest absolute Gasteiger partial charge is 0.297 e. The summed E-state index contributed by atoms with van der Waals surface area (Å²) in [6.45, 7) is 7.52. The predicted octanol–water partition coefficient (Wildman–Crippen LogP) is 1.16. The molecule has 1 aromatic rings. The normalized spacial score (nSPS) is 17.1. The number of rotatable bonds is 1. The SMILES string of the molecule is CCN1CCc2c(C)ncnc2C1. The van der Waals surface area contributed by atoms with E-state index in [0.29, 0.717) is 0 Å². The number of hydrogen-bond donors (Lipinski definition) is 0. The standard InChI is InChI=1S/C10H15N3/c1-3-13-5-4-9-8(2)11-7-12-10(9)6-13/h7H,3-6H2,1-2H3. The van der Waals surface area contributed by atoms with Gasteiger partial charge in [-0.15, -0.1) is 0 Å². The molecule has 1 aliphatic rings. The molecule has 0 N–H and O–H groups in total. The van der Waals surface area contributed by atoms with Crippen LogP contribution in [0.4, 0.5) is 0 Å². The lowest BCUT2D eigenvalue weighted by atomic mass is 10.0. The van der Waals surface area contributed by atoms with Gasteiger partial charge in [0, 0.05) is 18.8 Å². The van der Waals surface area contributed by atoms with E-state index in [1.54, 1.807) is 6.33 Å². The van der Waals surface area contributed by atoms with E-state index < -0.39 is 0 Å². The van der Waals surface area contributed by atoms with Gasteiger partial charge in [0.05, 0.1) is 5.69 Å². The van der Waals surface area contributed by atoms with Crippen LogP contribution in [0.1, 0.15) is 23.9 Å². The van der Waals surface area contributed by atoms with Gasteiger partial charge in [-0.3, -0.25) is 4.90 Å². The lowest BCUT2D eigenvalue weighted by Gasteiger charge is -2.26. The van der Waals surface area contributed by atoms with Crippen LogP contribution in [0, 0.1) is 6.92 Å². The van der Waals surface area contributed by atoms with Gasteiger partial charge in [-0.05, 0) is 25.5 Å². The molecule has 0 aromatic carbocycles. The highest BCUT2D eigenvalue weighted by atomic mass is 15.1. The number of nitrogens with zero attached hydrogens (tertiary/aromatic N) is 3. The van der Waals surface area contributed by atoms with Crippen LogP contribution in [0.3, 0.4) is 0 Å². The molecule has 3 nitrogen and oxygen atoms in total. The minimum absolute atomic E-state index is 0.995. The minimum atomic E-state index is 0.995. The Balaban J connectivity index is 2.31. The van der Waals surface area contributed by atoms with E-state index in [1.165, 1.54) is 11.3 Å². The molecule has 0 fully saturated rings. The molecule has 1 aliphatic heterocycles. The van der Waals surface area contributed by atoms with Crippen molar-refractivity contribution in [2.24, 2.45) is 0 Å². The molecule has 0 atom stereocenters. The number of likely N-dealkylation sites (N-methyl/N-ethyl adjacent to an activating group) is 1. The van der Waals surface area contributed by atoms with Crippen molar-refractivity contribution in [1.82, 2.24) is 14.9 Å². The van der Waals surface area contributed by atoms with Crippen LogP contribution in [-0.4, -0.2) is 28.0 Å². The summed E-state index contributed by atoms with van der Waals surface area (Å²) in [4.78, 5) is 11.0. The third-order valence-corrected chi connectivity index (χ3v) is 2.75. The Morgan fingerprint density at radius 1 is 1.46 bits per heavy atom. The number of fused-ring (bicyclic) bond motifs is 1. The van der Waals surface area contributed by atoms with E-state index in [-0.39, 0.29) is 0 Å². The fourth-order valence-electron chi connectivity index (χ4n) is 1.84. The third kappa shape index (κ3) is 1.56. The van der Waals surface area contributed by atoms with Gasteiger partial charge in [-0.2, -0.15) is 0 Å². The fourth-order valence-corrected chi connectivity index (χ4v) is 1.84. The Morgan fingerprint density at radius 3 is 3.08 bits per heavy atom. The number of hydrogen-bond acceptors (Lipinski definition) is 3. The zero-order valence-electron chi connectivity index (χ0n) is 8.25. The Morgan fingerprint density at radius 2 is 2.31 bits per heavy atom. The second kappa shape index (κ2) is 3.42. The van der Waals surface area contributed by atoms with Crippen molar-refractivity contribution in [3.05, 3.63) is 23.3 Å². The zero-order chi connectivity index (χ0) is 9.26. The first-order valence-electron chi connectivity index (χ1n) is 4.83. The van der Waals surface area contributed by atoms with E-state index in [4.69, 9.17) is 0 Å². The molecule has 3 heteroatoms. The van der Waals surface area contributed by atoms with Crippen LogP contribution in [0.15, 0.2) is 6.33 Å². The number of aryl methyl sites for hydroxylation is 1. The molecule has 13 heavy (non-hydrogen) atoms. The monoisotopic (exact) mass is 177 g/mol. The van der Waals surface area contributed by atoms with Gasteiger partial charge in [0.25, 0.3) is 0 Å². The summed E-state index contributed by atoms with van der Waals surface area (Å²) in [7, 11) is 0. The topological polar surface area (TPSA) is 29.0 Å². The first-order chi connectivity index (χ1) is 6.31. The maximum absolute atomic E-state index is 4.33. The van der Waals surface area contributed by atoms with Gasteiger partial charge in [-0.25, -0.2) is 9.97 Å². The van der Waals surface area contributed by atoms with Gasteiger partial charge in [0.2, 0.25) is 0 Å². The van der Waals surface area contributed by atoms with E-state index in [1.807, 2.05) is 0 Å². The Kier molecular flexibility index (Phi) is 2.27. The average Bonchev–Trinajstić information content (AvgIpc) is 2.18. The van der Waals surface area contributed by atoms with Gasteiger partial charge < -0.3 is 0 Å². The van der Waals surface area contributed by atoms with E-state index >= 15 is 0 Å². The minimum Gasteiger partial charge on any atom is -0.297 e. The van der Waals surface area contributed by atoms with Gasteiger partial charge in [0.15, 0.2) is 0 Å². The highest BCUT2D eigenvalue weighted by Gasteiger charge is 2.17. The van der Waals surface area contributed by atoms with Crippen LogP contribution in [0.2, 0.25) is 0 Å². The maximum Gasteiger partial charge on any atom is 0.115 e. The van der Waals surface area contributed by atoms with Crippen LogP contribution in [0.25, 0.3) is 0 Å². The van der Waals surface area contributed by atoms with Crippen LogP contribution in [-0.2, 0) is 13.0 Å². The smallest absolute Gasteiger partial charge is 0.115 e. The van der Waals surface area contributed by atoms with Crippen molar-refractivity contribution >= 4 is 0 Å². The molecule has 0 spiro atoms. The molecule has 0 unspecified atom stereocenters. The van der Waals surface area contributed by atoms with Crippen LogP contribution in [0.5, 0.6) is 0 Å². The van der Waals surface area contributed by atoms with Crippen molar-refractivity contribution in [3.63, 3.8) is 0 Å². The third-order valence-electron chi connectivity index (χ3n) is 2.75. The van der Waals surface area contributed by atoms with Crippen molar-refractivity contribution in [2.45, 2.75) is 26.8 Å². The zero-order valence-corrected chi connectivity index (χ0v) is 8.25. The highest BCUT2D eigenvalue weighted by Crippen LogP contribution is 2.17. The Bertz CT molecular complexity index is 309. The quantitative estimate of drug-likeness (QED) is 0.644. The van der Waals surface area contributed by atoms with Crippen molar-refractivity contribution in [2.75, 3.05) is 13.1 Å². The molecular weight excluding hydrogens is 162 g/mol. The number of aromatic nitrogens is 2. The van der Waals surface area contributed by atoms with Gasteiger partial charge in [0.1, 0.15) is 6.33 Å². The molecule has 1 aromatic heterocycles. The maximum atomic E-state index is 4.33. The molecule has 2 heterocycles. The van der Waals surface area contributed by atoms with Crippen molar-refractivity contribution in [3.8, 4) is 0 Å². The summed E-state index contributed by atoms with van der Waals surface area (Å²) in [6, 6.07) is 0. The van der Waals surface area contributed by atoms with Crippen molar-refractivity contribution < 1.29 is 0 Å². The molecule has 0 amide bonds. The molecule has 0 radical (unpaired) electrons. The van der Waals surface area contributed by atoms with Gasteiger partial charge in [-0.1, -0.05) is 6.92 Å². The molecule has 2 rings (SSSR count). The summed E-state index contributed by atoms with van der Waals surface area (Å²) in [5.41, 5.74) is 3.74. The van der Waals surface area contributed by atoms with E-state index in [0.717, 1.165) is 31.7 Å². The average molecular weight is 177 g/mol. The van der Waals surface area contributed by atoms with Crippen LogP contribution >= 0.6 is 0 Å². The lowest BCUT2D eigenvalue weighted by molar-refractivity contribution is 0.262. The lowest BCUT2D eigenvalue weighted by Crippen LogP contribution is -2.31.